The zero-order chi connectivity index (χ0) is 19.2. The number of methoxy groups -OCH3 is 1. The summed E-state index contributed by atoms with van der Waals surface area (Å²) >= 11 is 0. The molecular formula is C22H28O4. The Morgan fingerprint density at radius 1 is 1.19 bits per heavy atom. The lowest BCUT2D eigenvalue weighted by Crippen LogP contribution is -2.20. The number of carbonyl (C=O) groups is 2. The fourth-order valence-electron chi connectivity index (χ4n) is 3.57. The van der Waals surface area contributed by atoms with E-state index in [2.05, 4.69) is 20.8 Å². The Kier molecular flexibility index (Phi) is 6.78. The summed E-state index contributed by atoms with van der Waals surface area (Å²) in [5.74, 6) is -0.642. The van der Waals surface area contributed by atoms with E-state index in [4.69, 9.17) is 9.47 Å². The van der Waals surface area contributed by atoms with Gasteiger partial charge in [-0.05, 0) is 50.2 Å². The average Bonchev–Trinajstić information content (AvgIpc) is 2.61. The zero-order valence-corrected chi connectivity index (χ0v) is 16.1. The monoisotopic (exact) mass is 356 g/mol. The second-order valence-corrected chi connectivity index (χ2v) is 7.39. The lowest BCUT2D eigenvalue weighted by Gasteiger charge is -2.34. The predicted molar refractivity (Wildman–Crippen MR) is 102 cm³/mol. The molecule has 1 aromatic carbocycles. The number of esters is 2. The molecule has 0 aliphatic heterocycles. The molecule has 0 saturated heterocycles. The van der Waals surface area contributed by atoms with Gasteiger partial charge in [0.2, 0.25) is 0 Å². The molecule has 0 aromatic heterocycles. The van der Waals surface area contributed by atoms with Gasteiger partial charge in [0, 0.05) is 6.42 Å². The Labute approximate surface area is 155 Å². The molecule has 1 aliphatic rings. The third-order valence-electron chi connectivity index (χ3n) is 5.02. The maximum Gasteiger partial charge on any atom is 0.343 e. The summed E-state index contributed by atoms with van der Waals surface area (Å²) in [7, 11) is 1.31. The van der Waals surface area contributed by atoms with E-state index in [9.17, 15) is 9.59 Å². The van der Waals surface area contributed by atoms with Crippen molar-refractivity contribution in [1.82, 2.24) is 0 Å². The first kappa shape index (κ1) is 20.0. The summed E-state index contributed by atoms with van der Waals surface area (Å²) in [4.78, 5) is 24.0. The number of carbonyl (C=O) groups excluding carboxylic acids is 2. The number of hydrogen-bond donors (Lipinski definition) is 0. The van der Waals surface area contributed by atoms with Gasteiger partial charge in [0.05, 0.1) is 18.7 Å². The van der Waals surface area contributed by atoms with Gasteiger partial charge in [0.25, 0.3) is 0 Å². The van der Waals surface area contributed by atoms with Crippen molar-refractivity contribution < 1.29 is 19.1 Å². The number of ether oxygens (including phenoxy) is 2. The van der Waals surface area contributed by atoms with Crippen LogP contribution in [0.3, 0.4) is 0 Å². The third kappa shape index (κ3) is 5.32. The van der Waals surface area contributed by atoms with Crippen LogP contribution < -0.4 is 0 Å². The third-order valence-corrected chi connectivity index (χ3v) is 5.02. The van der Waals surface area contributed by atoms with Crippen LogP contribution in [0.25, 0.3) is 0 Å². The van der Waals surface area contributed by atoms with Gasteiger partial charge in [0.15, 0.2) is 0 Å². The Balaban J connectivity index is 2.14. The molecule has 0 bridgehead atoms. The van der Waals surface area contributed by atoms with Crippen molar-refractivity contribution in [1.29, 1.82) is 0 Å². The molecule has 140 valence electrons. The smallest absolute Gasteiger partial charge is 0.343 e. The minimum absolute atomic E-state index is 0.141. The summed E-state index contributed by atoms with van der Waals surface area (Å²) in [6.07, 6.45) is 5.99. The minimum atomic E-state index is -0.519. The van der Waals surface area contributed by atoms with Crippen molar-refractivity contribution in [3.05, 3.63) is 58.9 Å². The molecule has 0 fully saturated rings. The summed E-state index contributed by atoms with van der Waals surface area (Å²) < 4.78 is 10.2. The van der Waals surface area contributed by atoms with Crippen LogP contribution in [0.2, 0.25) is 0 Å². The summed E-state index contributed by atoms with van der Waals surface area (Å²) in [6.45, 7) is 6.69. The van der Waals surface area contributed by atoms with Gasteiger partial charge in [-0.2, -0.15) is 0 Å². The van der Waals surface area contributed by atoms with Gasteiger partial charge >= 0.3 is 11.9 Å². The standard InChI is InChI=1S/C22H28O4/c1-16-9-8-14-22(2,3)19(16)13-12-18(15-20(23)25-4)26-21(24)17-10-6-5-7-11-17/h5-7,10-11,15H,8-9,12-14H2,1-4H3/b18-15+. The highest BCUT2D eigenvalue weighted by Crippen LogP contribution is 2.42. The van der Waals surface area contributed by atoms with Crippen molar-refractivity contribution in [3.63, 3.8) is 0 Å². The van der Waals surface area contributed by atoms with Crippen LogP contribution in [0.5, 0.6) is 0 Å². The van der Waals surface area contributed by atoms with Crippen molar-refractivity contribution in [2.75, 3.05) is 7.11 Å². The first-order chi connectivity index (χ1) is 12.3. The Bertz CT molecular complexity index is 711. The van der Waals surface area contributed by atoms with Gasteiger partial charge in [-0.1, -0.05) is 43.2 Å². The van der Waals surface area contributed by atoms with Crippen molar-refractivity contribution in [2.45, 2.75) is 52.9 Å². The van der Waals surface area contributed by atoms with E-state index >= 15 is 0 Å². The van der Waals surface area contributed by atoms with E-state index in [1.54, 1.807) is 24.3 Å². The first-order valence-corrected chi connectivity index (χ1v) is 9.08. The van der Waals surface area contributed by atoms with Crippen LogP contribution in [0.1, 0.15) is 63.2 Å². The van der Waals surface area contributed by atoms with E-state index in [1.807, 2.05) is 6.07 Å². The SMILES string of the molecule is COC(=O)/C=C(\CCC1=C(C)CCCC1(C)C)OC(=O)c1ccccc1. The van der Waals surface area contributed by atoms with Crippen LogP contribution in [-0.2, 0) is 14.3 Å². The highest BCUT2D eigenvalue weighted by Gasteiger charge is 2.28. The van der Waals surface area contributed by atoms with Gasteiger partial charge in [0.1, 0.15) is 5.76 Å². The summed E-state index contributed by atoms with van der Waals surface area (Å²) in [5, 5.41) is 0. The minimum Gasteiger partial charge on any atom is -0.466 e. The lowest BCUT2D eigenvalue weighted by atomic mass is 9.71. The highest BCUT2D eigenvalue weighted by atomic mass is 16.5. The molecule has 2 rings (SSSR count). The highest BCUT2D eigenvalue weighted by molar-refractivity contribution is 5.90. The zero-order valence-electron chi connectivity index (χ0n) is 16.1. The van der Waals surface area contributed by atoms with Crippen LogP contribution in [0.15, 0.2) is 53.3 Å². The molecule has 4 heteroatoms. The average molecular weight is 356 g/mol. The van der Waals surface area contributed by atoms with Gasteiger partial charge < -0.3 is 9.47 Å². The molecule has 26 heavy (non-hydrogen) atoms. The second-order valence-electron chi connectivity index (χ2n) is 7.39. The van der Waals surface area contributed by atoms with Crippen LogP contribution in [-0.4, -0.2) is 19.0 Å². The maximum atomic E-state index is 12.3. The molecule has 0 amide bonds. The van der Waals surface area contributed by atoms with Crippen molar-refractivity contribution >= 4 is 11.9 Å². The molecule has 0 atom stereocenters. The fourth-order valence-corrected chi connectivity index (χ4v) is 3.57. The van der Waals surface area contributed by atoms with Crippen molar-refractivity contribution in [3.8, 4) is 0 Å². The number of allylic oxidation sites excluding steroid dienone is 3. The molecule has 1 aromatic rings. The molecule has 0 radical (unpaired) electrons. The van der Waals surface area contributed by atoms with E-state index in [1.165, 1.54) is 30.8 Å². The maximum absolute atomic E-state index is 12.3. The van der Waals surface area contributed by atoms with Crippen molar-refractivity contribution in [2.24, 2.45) is 5.41 Å². The molecule has 0 unspecified atom stereocenters. The summed E-state index contributed by atoms with van der Waals surface area (Å²) in [5.41, 5.74) is 3.40. The topological polar surface area (TPSA) is 52.6 Å². The normalized spacial score (nSPS) is 17.0. The Hall–Kier alpha value is -2.36. The number of rotatable bonds is 6. The second kappa shape index (κ2) is 8.84. The molecular weight excluding hydrogens is 328 g/mol. The van der Waals surface area contributed by atoms with Gasteiger partial charge in [-0.25, -0.2) is 9.59 Å². The fraction of sp³-hybridized carbons (Fsp3) is 0.455. The van der Waals surface area contributed by atoms with Crippen LogP contribution in [0.4, 0.5) is 0 Å². The van der Waals surface area contributed by atoms with Gasteiger partial charge in [-0.3, -0.25) is 0 Å². The molecule has 0 heterocycles. The summed E-state index contributed by atoms with van der Waals surface area (Å²) in [6, 6.07) is 8.77. The molecule has 4 nitrogen and oxygen atoms in total. The van der Waals surface area contributed by atoms with E-state index in [0.717, 1.165) is 19.3 Å². The predicted octanol–water partition coefficient (Wildman–Crippen LogP) is 5.21. The van der Waals surface area contributed by atoms with E-state index in [0.29, 0.717) is 17.7 Å². The Morgan fingerprint density at radius 2 is 1.88 bits per heavy atom. The quantitative estimate of drug-likeness (QED) is 0.304. The van der Waals surface area contributed by atoms with Crippen LogP contribution >= 0.6 is 0 Å². The van der Waals surface area contributed by atoms with E-state index < -0.39 is 11.9 Å². The lowest BCUT2D eigenvalue weighted by molar-refractivity contribution is -0.135. The largest absolute Gasteiger partial charge is 0.466 e. The van der Waals surface area contributed by atoms with Gasteiger partial charge in [-0.15, -0.1) is 0 Å². The molecule has 1 aliphatic carbocycles. The number of hydrogen-bond acceptors (Lipinski definition) is 4. The molecule has 0 N–H and O–H groups in total. The number of benzene rings is 1. The van der Waals surface area contributed by atoms with E-state index in [-0.39, 0.29) is 5.41 Å². The first-order valence-electron chi connectivity index (χ1n) is 9.08. The van der Waals surface area contributed by atoms with Crippen LogP contribution in [0, 0.1) is 5.41 Å². The Morgan fingerprint density at radius 3 is 2.50 bits per heavy atom. The molecule has 0 spiro atoms. The molecule has 0 saturated carbocycles.